The highest BCUT2D eigenvalue weighted by Gasteiger charge is 2.20. The Kier molecular flexibility index (Phi) is 4.67. The van der Waals surface area contributed by atoms with Gasteiger partial charge in [0.05, 0.1) is 12.0 Å². The third-order valence-electron chi connectivity index (χ3n) is 3.30. The molecule has 6 nitrogen and oxygen atoms in total. The van der Waals surface area contributed by atoms with Crippen LogP contribution in [0.15, 0.2) is 34.4 Å². The number of aromatic nitrogens is 3. The molecule has 21 heavy (non-hydrogen) atoms. The van der Waals surface area contributed by atoms with Crippen LogP contribution in [0.3, 0.4) is 0 Å². The third kappa shape index (κ3) is 3.44. The first-order chi connectivity index (χ1) is 9.85. The fraction of sp³-hybridized carbons (Fsp3) is 0.385. The largest absolute Gasteiger partial charge is 0.333 e. The van der Waals surface area contributed by atoms with E-state index in [9.17, 15) is 8.42 Å². The number of anilines is 1. The van der Waals surface area contributed by atoms with E-state index in [2.05, 4.69) is 30.6 Å². The Balaban J connectivity index is 2.33. The molecular weight excluding hydrogens is 356 g/mol. The van der Waals surface area contributed by atoms with Crippen molar-refractivity contribution >= 4 is 31.6 Å². The summed E-state index contributed by atoms with van der Waals surface area (Å²) in [4.78, 5) is 8.02. The number of imidazole rings is 1. The number of halogens is 1. The van der Waals surface area contributed by atoms with E-state index in [4.69, 9.17) is 0 Å². The van der Waals surface area contributed by atoms with Crippen molar-refractivity contribution in [2.45, 2.75) is 38.3 Å². The molecule has 0 amide bonds. The Morgan fingerprint density at radius 2 is 2.14 bits per heavy atom. The number of pyridine rings is 1. The first-order valence-corrected chi connectivity index (χ1v) is 8.80. The van der Waals surface area contributed by atoms with E-state index in [1.165, 1.54) is 12.5 Å². The fourth-order valence-corrected chi connectivity index (χ4v) is 3.48. The van der Waals surface area contributed by atoms with Gasteiger partial charge in [0.1, 0.15) is 4.60 Å². The van der Waals surface area contributed by atoms with E-state index in [0.29, 0.717) is 10.3 Å². The van der Waals surface area contributed by atoms with Crippen LogP contribution in [0.25, 0.3) is 0 Å². The normalized spacial score (nSPS) is 13.1. The van der Waals surface area contributed by atoms with Crippen molar-refractivity contribution in [2.75, 3.05) is 4.72 Å². The number of rotatable bonds is 5. The lowest BCUT2D eigenvalue weighted by atomic mass is 10.3. The number of sulfonamides is 1. The predicted molar refractivity (Wildman–Crippen MR) is 84.7 cm³/mol. The maximum atomic E-state index is 12.4. The first-order valence-electron chi connectivity index (χ1n) is 6.52. The van der Waals surface area contributed by atoms with E-state index in [1.807, 2.05) is 20.8 Å². The van der Waals surface area contributed by atoms with Crippen molar-refractivity contribution in [3.8, 4) is 0 Å². The summed E-state index contributed by atoms with van der Waals surface area (Å²) in [5.74, 6) is 0. The molecule has 0 aliphatic heterocycles. The summed E-state index contributed by atoms with van der Waals surface area (Å²) in [5.41, 5.74) is 1.21. The Morgan fingerprint density at radius 3 is 2.76 bits per heavy atom. The smallest absolute Gasteiger partial charge is 0.281 e. The van der Waals surface area contributed by atoms with Crippen LogP contribution in [0, 0.1) is 6.92 Å². The van der Waals surface area contributed by atoms with Gasteiger partial charge in [-0.1, -0.05) is 6.92 Å². The average molecular weight is 373 g/mol. The Labute approximate surface area is 132 Å². The number of hydrogen-bond acceptors (Lipinski definition) is 4. The highest BCUT2D eigenvalue weighted by atomic mass is 79.9. The Bertz CT molecular complexity index is 722. The molecule has 1 atom stereocenters. The minimum absolute atomic E-state index is 0.00190. The minimum Gasteiger partial charge on any atom is -0.333 e. The quantitative estimate of drug-likeness (QED) is 0.817. The van der Waals surface area contributed by atoms with Crippen LogP contribution >= 0.6 is 15.9 Å². The SMILES string of the molecule is CCC(C)n1cnc(S(=O)(=O)Nc2c(C)ccnc2Br)c1. The van der Waals surface area contributed by atoms with Crippen LogP contribution in [0.4, 0.5) is 5.69 Å². The molecule has 0 fully saturated rings. The minimum atomic E-state index is -3.73. The van der Waals surface area contributed by atoms with Crippen molar-refractivity contribution in [1.82, 2.24) is 14.5 Å². The zero-order valence-electron chi connectivity index (χ0n) is 12.0. The molecule has 0 bridgehead atoms. The molecule has 0 saturated heterocycles. The van der Waals surface area contributed by atoms with Crippen molar-refractivity contribution in [3.05, 3.63) is 35.0 Å². The Morgan fingerprint density at radius 1 is 1.43 bits per heavy atom. The van der Waals surface area contributed by atoms with Gasteiger partial charge >= 0.3 is 0 Å². The molecule has 8 heteroatoms. The van der Waals surface area contributed by atoms with Crippen LogP contribution in [-0.4, -0.2) is 23.0 Å². The molecule has 0 aliphatic carbocycles. The maximum Gasteiger partial charge on any atom is 0.281 e. The number of nitrogens with one attached hydrogen (secondary N) is 1. The van der Waals surface area contributed by atoms with Gasteiger partial charge in [-0.25, -0.2) is 9.97 Å². The average Bonchev–Trinajstić information content (AvgIpc) is 2.93. The van der Waals surface area contributed by atoms with Crippen molar-refractivity contribution in [3.63, 3.8) is 0 Å². The summed E-state index contributed by atoms with van der Waals surface area (Å²) in [6.45, 7) is 5.85. The maximum absolute atomic E-state index is 12.4. The van der Waals surface area contributed by atoms with Crippen molar-refractivity contribution in [2.24, 2.45) is 0 Å². The second-order valence-corrected chi connectivity index (χ2v) is 7.20. The highest BCUT2D eigenvalue weighted by Crippen LogP contribution is 2.26. The van der Waals surface area contributed by atoms with Crippen LogP contribution in [0.1, 0.15) is 31.9 Å². The van der Waals surface area contributed by atoms with Crippen molar-refractivity contribution in [1.29, 1.82) is 0 Å². The van der Waals surface area contributed by atoms with Gasteiger partial charge in [-0.2, -0.15) is 8.42 Å². The monoisotopic (exact) mass is 372 g/mol. The van der Waals surface area contributed by atoms with Crippen LogP contribution in [0.5, 0.6) is 0 Å². The van der Waals surface area contributed by atoms with Gasteiger partial charge in [-0.3, -0.25) is 4.72 Å². The topological polar surface area (TPSA) is 76.9 Å². The molecule has 2 aromatic rings. The lowest BCUT2D eigenvalue weighted by Crippen LogP contribution is -2.15. The summed E-state index contributed by atoms with van der Waals surface area (Å²) in [7, 11) is -3.73. The summed E-state index contributed by atoms with van der Waals surface area (Å²) < 4.78 is 29.6. The standard InChI is InChI=1S/C13H17BrN4O2S/c1-4-10(3)18-7-11(16-8-18)21(19,20)17-12-9(2)5-6-15-13(12)14/h5-8,10,17H,4H2,1-3H3. The zero-order valence-corrected chi connectivity index (χ0v) is 14.4. The van der Waals surface area contributed by atoms with E-state index in [-0.39, 0.29) is 11.1 Å². The van der Waals surface area contributed by atoms with Gasteiger partial charge in [0, 0.05) is 18.4 Å². The molecule has 2 aromatic heterocycles. The molecule has 0 saturated carbocycles. The van der Waals surface area contributed by atoms with Gasteiger partial charge in [0.2, 0.25) is 0 Å². The number of aryl methyl sites for hydroxylation is 1. The van der Waals surface area contributed by atoms with E-state index in [1.54, 1.807) is 16.8 Å². The first kappa shape index (κ1) is 16.0. The zero-order chi connectivity index (χ0) is 15.6. The van der Waals surface area contributed by atoms with Crippen LogP contribution < -0.4 is 4.72 Å². The van der Waals surface area contributed by atoms with E-state index < -0.39 is 10.0 Å². The molecule has 1 unspecified atom stereocenters. The molecule has 114 valence electrons. The van der Waals surface area contributed by atoms with Gasteiger partial charge in [0.15, 0.2) is 5.03 Å². The summed E-state index contributed by atoms with van der Waals surface area (Å²) in [6, 6.07) is 1.94. The molecule has 0 spiro atoms. The molecule has 0 aromatic carbocycles. The summed E-state index contributed by atoms with van der Waals surface area (Å²) in [6.07, 6.45) is 5.58. The second-order valence-electron chi connectivity index (χ2n) is 4.82. The van der Waals surface area contributed by atoms with E-state index >= 15 is 0 Å². The fourth-order valence-electron chi connectivity index (χ4n) is 1.74. The number of nitrogens with zero attached hydrogens (tertiary/aromatic N) is 3. The second kappa shape index (κ2) is 6.15. The lowest BCUT2D eigenvalue weighted by molar-refractivity contribution is 0.529. The molecule has 0 radical (unpaired) electrons. The van der Waals surface area contributed by atoms with Gasteiger partial charge < -0.3 is 4.57 Å². The highest BCUT2D eigenvalue weighted by molar-refractivity contribution is 9.10. The van der Waals surface area contributed by atoms with Crippen LogP contribution in [0.2, 0.25) is 0 Å². The molecule has 2 rings (SSSR count). The molecule has 2 heterocycles. The molecular formula is C13H17BrN4O2S. The number of hydrogen-bond donors (Lipinski definition) is 1. The Hall–Kier alpha value is -1.41. The summed E-state index contributed by atoms with van der Waals surface area (Å²) in [5, 5.41) is -0.00190. The van der Waals surface area contributed by atoms with Crippen molar-refractivity contribution < 1.29 is 8.42 Å². The predicted octanol–water partition coefficient (Wildman–Crippen LogP) is 3.12. The van der Waals surface area contributed by atoms with Gasteiger partial charge in [0.25, 0.3) is 10.0 Å². The van der Waals surface area contributed by atoms with E-state index in [0.717, 1.165) is 12.0 Å². The molecule has 1 N–H and O–H groups in total. The lowest BCUT2D eigenvalue weighted by Gasteiger charge is -2.10. The molecule has 0 aliphatic rings. The van der Waals surface area contributed by atoms with Crippen LogP contribution in [-0.2, 0) is 10.0 Å². The third-order valence-corrected chi connectivity index (χ3v) is 5.14. The van der Waals surface area contributed by atoms with Gasteiger partial charge in [-0.15, -0.1) is 0 Å². The van der Waals surface area contributed by atoms with Gasteiger partial charge in [-0.05, 0) is 47.8 Å². The summed E-state index contributed by atoms with van der Waals surface area (Å²) >= 11 is 3.25.